The number of hydrogen-bond donors (Lipinski definition) is 0. The van der Waals surface area contributed by atoms with Gasteiger partial charge in [-0.25, -0.2) is 15.0 Å². The zero-order valence-electron chi connectivity index (χ0n) is 32.2. The Morgan fingerprint density at radius 3 is 1.57 bits per heavy atom. The van der Waals surface area contributed by atoms with Crippen LogP contribution in [0.3, 0.4) is 0 Å². The van der Waals surface area contributed by atoms with Gasteiger partial charge in [-0.05, 0) is 105 Å². The summed E-state index contributed by atoms with van der Waals surface area (Å²) in [6.45, 7) is 0. The normalized spacial score (nSPS) is 12.0. The second-order valence-electron chi connectivity index (χ2n) is 15.6. The molecule has 4 nitrogen and oxygen atoms in total. The molecule has 5 heteroatoms. The molecule has 12 aromatic rings. The standard InChI is InChI=1S/C55H32N4S/c1-3-12-33(13-4-1)53-56-54(34-14-5-2-6-15-34)58-55(57-53)35-22-26-38(27-23-35)59-47-21-10-9-18-41(47)44-30-36(24-28-48(44)59)37-25-29-49-46(31-37)52-43-20-11-19-42-39-16-7-8-17-40(39)45(51(42)43)32-50(52)60-49/h1-32H. The Bertz CT molecular complexity index is 3640. The van der Waals surface area contributed by atoms with Gasteiger partial charge in [-0.3, -0.25) is 0 Å². The Kier molecular flexibility index (Phi) is 7.14. The zero-order valence-corrected chi connectivity index (χ0v) is 33.0. The Balaban J connectivity index is 0.916. The minimum atomic E-state index is 0.642. The first kappa shape index (κ1) is 33.3. The Hall–Kier alpha value is -7.73. The first-order valence-corrected chi connectivity index (χ1v) is 21.1. The van der Waals surface area contributed by atoms with Crippen molar-refractivity contribution in [1.82, 2.24) is 19.5 Å². The summed E-state index contributed by atoms with van der Waals surface area (Å²) < 4.78 is 5.02. The van der Waals surface area contributed by atoms with Crippen LogP contribution < -0.4 is 0 Å². The summed E-state index contributed by atoms with van der Waals surface area (Å²) in [5.74, 6) is 1.95. The molecule has 0 saturated carbocycles. The van der Waals surface area contributed by atoms with E-state index >= 15 is 0 Å². The van der Waals surface area contributed by atoms with Gasteiger partial charge in [-0.15, -0.1) is 11.3 Å². The molecule has 0 saturated heterocycles. The lowest BCUT2D eigenvalue weighted by atomic mass is 9.96. The molecule has 13 rings (SSSR count). The highest BCUT2D eigenvalue weighted by molar-refractivity contribution is 7.26. The fourth-order valence-electron chi connectivity index (χ4n) is 9.45. The second-order valence-corrected chi connectivity index (χ2v) is 16.6. The Morgan fingerprint density at radius 2 is 0.850 bits per heavy atom. The van der Waals surface area contributed by atoms with Crippen LogP contribution in [0, 0.1) is 0 Å². The predicted molar refractivity (Wildman–Crippen MR) is 251 cm³/mol. The van der Waals surface area contributed by atoms with Crippen LogP contribution in [0.25, 0.3) is 126 Å². The van der Waals surface area contributed by atoms with Gasteiger partial charge in [-0.2, -0.15) is 0 Å². The average Bonchev–Trinajstić information content (AvgIpc) is 3.97. The highest BCUT2D eigenvalue weighted by Crippen LogP contribution is 2.52. The summed E-state index contributed by atoms with van der Waals surface area (Å²) in [5, 5.41) is 7.84. The molecular weight excluding hydrogens is 749 g/mol. The molecule has 0 unspecified atom stereocenters. The molecule has 60 heavy (non-hydrogen) atoms. The highest BCUT2D eigenvalue weighted by atomic mass is 32.1. The minimum Gasteiger partial charge on any atom is -0.309 e. The van der Waals surface area contributed by atoms with Gasteiger partial charge in [0, 0.05) is 53.3 Å². The van der Waals surface area contributed by atoms with E-state index in [1.54, 1.807) is 0 Å². The van der Waals surface area contributed by atoms with Crippen molar-refractivity contribution in [3.63, 3.8) is 0 Å². The molecule has 0 amide bonds. The molecule has 0 fully saturated rings. The molecule has 3 aromatic heterocycles. The third-order valence-corrected chi connectivity index (χ3v) is 13.3. The quantitative estimate of drug-likeness (QED) is 0.175. The van der Waals surface area contributed by atoms with E-state index in [0.29, 0.717) is 17.5 Å². The van der Waals surface area contributed by atoms with E-state index in [2.05, 4.69) is 138 Å². The van der Waals surface area contributed by atoms with E-state index in [1.165, 1.54) is 80.6 Å². The number of para-hydroxylation sites is 1. The largest absolute Gasteiger partial charge is 0.309 e. The van der Waals surface area contributed by atoms with Crippen molar-refractivity contribution in [2.75, 3.05) is 0 Å². The van der Waals surface area contributed by atoms with E-state index in [9.17, 15) is 0 Å². The third kappa shape index (κ3) is 5.00. The van der Waals surface area contributed by atoms with Gasteiger partial charge in [0.15, 0.2) is 17.5 Å². The first-order chi connectivity index (χ1) is 29.7. The highest BCUT2D eigenvalue weighted by Gasteiger charge is 2.24. The molecule has 3 heterocycles. The van der Waals surface area contributed by atoms with Crippen molar-refractivity contribution in [2.45, 2.75) is 0 Å². The van der Waals surface area contributed by atoms with Gasteiger partial charge < -0.3 is 4.57 Å². The van der Waals surface area contributed by atoms with E-state index in [4.69, 9.17) is 15.0 Å². The number of thiophene rings is 1. The van der Waals surface area contributed by atoms with Gasteiger partial charge in [0.05, 0.1) is 11.0 Å². The summed E-state index contributed by atoms with van der Waals surface area (Å²) in [6, 6.07) is 69.6. The van der Waals surface area contributed by atoms with Crippen LogP contribution in [0.1, 0.15) is 0 Å². The van der Waals surface area contributed by atoms with Crippen molar-refractivity contribution < 1.29 is 0 Å². The van der Waals surface area contributed by atoms with Crippen LogP contribution in [-0.4, -0.2) is 19.5 Å². The van der Waals surface area contributed by atoms with Crippen LogP contribution in [0.15, 0.2) is 194 Å². The summed E-state index contributed by atoms with van der Waals surface area (Å²) in [6.07, 6.45) is 0. The number of aromatic nitrogens is 4. The smallest absolute Gasteiger partial charge is 0.164 e. The molecule has 0 radical (unpaired) electrons. The van der Waals surface area contributed by atoms with Crippen LogP contribution in [0.4, 0.5) is 0 Å². The van der Waals surface area contributed by atoms with Gasteiger partial charge in [0.1, 0.15) is 0 Å². The molecule has 0 N–H and O–H groups in total. The van der Waals surface area contributed by atoms with E-state index < -0.39 is 0 Å². The lowest BCUT2D eigenvalue weighted by Crippen LogP contribution is -2.00. The van der Waals surface area contributed by atoms with E-state index in [-0.39, 0.29) is 0 Å². The van der Waals surface area contributed by atoms with Crippen molar-refractivity contribution in [3.8, 4) is 73.2 Å². The number of fused-ring (bicyclic) bond motifs is 10. The molecule has 1 aliphatic carbocycles. The molecular formula is C55H32N4S. The summed E-state index contributed by atoms with van der Waals surface area (Å²) in [7, 11) is 0. The topological polar surface area (TPSA) is 43.6 Å². The van der Waals surface area contributed by atoms with Crippen molar-refractivity contribution in [1.29, 1.82) is 0 Å². The van der Waals surface area contributed by atoms with E-state index in [1.807, 2.05) is 72.0 Å². The van der Waals surface area contributed by atoms with Crippen LogP contribution in [-0.2, 0) is 0 Å². The lowest BCUT2D eigenvalue weighted by Gasteiger charge is -2.11. The molecule has 1 aliphatic rings. The number of rotatable bonds is 5. The van der Waals surface area contributed by atoms with Crippen LogP contribution >= 0.6 is 11.3 Å². The fraction of sp³-hybridized carbons (Fsp3) is 0. The maximum Gasteiger partial charge on any atom is 0.164 e. The summed E-state index contributed by atoms with van der Waals surface area (Å²) in [4.78, 5) is 14.8. The van der Waals surface area contributed by atoms with Gasteiger partial charge in [0.2, 0.25) is 0 Å². The van der Waals surface area contributed by atoms with Gasteiger partial charge in [-0.1, -0.05) is 133 Å². The summed E-state index contributed by atoms with van der Waals surface area (Å²) in [5.41, 5.74) is 14.0. The average molecular weight is 781 g/mol. The molecule has 9 aromatic carbocycles. The van der Waals surface area contributed by atoms with Crippen LogP contribution in [0.2, 0.25) is 0 Å². The fourth-order valence-corrected chi connectivity index (χ4v) is 10.6. The second kappa shape index (κ2) is 12.9. The Morgan fingerprint density at radius 1 is 0.317 bits per heavy atom. The maximum absolute atomic E-state index is 4.97. The molecule has 0 bridgehead atoms. The lowest BCUT2D eigenvalue weighted by molar-refractivity contribution is 1.07. The van der Waals surface area contributed by atoms with E-state index in [0.717, 1.165) is 27.9 Å². The predicted octanol–water partition coefficient (Wildman–Crippen LogP) is 14.8. The van der Waals surface area contributed by atoms with Gasteiger partial charge in [0.25, 0.3) is 0 Å². The van der Waals surface area contributed by atoms with Crippen LogP contribution in [0.5, 0.6) is 0 Å². The van der Waals surface area contributed by atoms with Crippen molar-refractivity contribution in [3.05, 3.63) is 194 Å². The zero-order chi connectivity index (χ0) is 39.3. The number of hydrogen-bond acceptors (Lipinski definition) is 4. The molecule has 0 atom stereocenters. The van der Waals surface area contributed by atoms with Crippen molar-refractivity contribution in [2.24, 2.45) is 0 Å². The molecule has 278 valence electrons. The number of nitrogens with zero attached hydrogens (tertiary/aromatic N) is 4. The maximum atomic E-state index is 4.97. The SMILES string of the molecule is c1ccc(-c2nc(-c3ccccc3)nc(-c3ccc(-n4c5ccccc5c5cc(-c6ccc7sc8cc9c%10c(cccc%10c8c7c6)-c6ccccc6-9)ccc54)cc3)n2)cc1. The number of benzene rings is 9. The molecule has 0 aliphatic heterocycles. The molecule has 0 spiro atoms. The van der Waals surface area contributed by atoms with Crippen molar-refractivity contribution >= 4 is 64.1 Å². The van der Waals surface area contributed by atoms with Gasteiger partial charge >= 0.3 is 0 Å². The third-order valence-electron chi connectivity index (χ3n) is 12.2. The minimum absolute atomic E-state index is 0.642. The first-order valence-electron chi connectivity index (χ1n) is 20.3. The Labute approximate surface area is 349 Å². The summed E-state index contributed by atoms with van der Waals surface area (Å²) >= 11 is 1.90. The monoisotopic (exact) mass is 780 g/mol.